The van der Waals surface area contributed by atoms with Gasteiger partial charge in [-0.2, -0.15) is 5.10 Å². The van der Waals surface area contributed by atoms with Crippen molar-refractivity contribution in [3.8, 4) is 22.7 Å². The normalized spacial score (nSPS) is 17.5. The molecule has 1 spiro atoms. The minimum atomic E-state index is -0.597. The number of hydrogen-bond acceptors (Lipinski definition) is 4. The van der Waals surface area contributed by atoms with Gasteiger partial charge < -0.3 is 14.2 Å². The van der Waals surface area contributed by atoms with Gasteiger partial charge in [0.25, 0.3) is 0 Å². The molecule has 1 aliphatic heterocycles. The first-order valence-electron chi connectivity index (χ1n) is 9.57. The van der Waals surface area contributed by atoms with Crippen LogP contribution in [0.2, 0.25) is 10.0 Å². The minimum absolute atomic E-state index is 0.597. The lowest BCUT2D eigenvalue weighted by atomic mass is 10.0. The molecule has 2 aromatic carbocycles. The van der Waals surface area contributed by atoms with Gasteiger partial charge in [-0.15, -0.1) is 0 Å². The Hall–Kier alpha value is -2.05. The molecule has 1 fully saturated rings. The van der Waals surface area contributed by atoms with E-state index in [1.807, 2.05) is 41.1 Å². The third-order valence-corrected chi connectivity index (χ3v) is 5.94. The van der Waals surface area contributed by atoms with Crippen LogP contribution < -0.4 is 4.74 Å². The molecule has 1 aliphatic carbocycles. The van der Waals surface area contributed by atoms with Crippen molar-refractivity contribution < 1.29 is 14.2 Å². The molecule has 2 heterocycles. The molecule has 1 saturated heterocycles. The van der Waals surface area contributed by atoms with Gasteiger partial charge in [-0.05, 0) is 30.7 Å². The molecule has 0 atom stereocenters. The molecule has 150 valence electrons. The second-order valence-electron chi connectivity index (χ2n) is 7.32. The maximum Gasteiger partial charge on any atom is 0.177 e. The van der Waals surface area contributed by atoms with Crippen molar-refractivity contribution in [3.63, 3.8) is 0 Å². The Morgan fingerprint density at radius 2 is 1.72 bits per heavy atom. The summed E-state index contributed by atoms with van der Waals surface area (Å²) in [6.45, 7) is 1.43. The van der Waals surface area contributed by atoms with Crippen LogP contribution in [-0.2, 0) is 22.3 Å². The summed E-state index contributed by atoms with van der Waals surface area (Å²) in [5.41, 5.74) is 4.95. The van der Waals surface area contributed by atoms with Crippen LogP contribution in [0.5, 0.6) is 5.75 Å². The molecule has 5 rings (SSSR count). The van der Waals surface area contributed by atoms with E-state index in [-0.39, 0.29) is 0 Å². The van der Waals surface area contributed by atoms with Crippen molar-refractivity contribution in [1.29, 1.82) is 0 Å². The second kappa shape index (κ2) is 7.33. The Morgan fingerprint density at radius 1 is 1.00 bits per heavy atom. The Kier molecular flexibility index (Phi) is 4.79. The van der Waals surface area contributed by atoms with Crippen LogP contribution >= 0.6 is 23.2 Å². The highest BCUT2D eigenvalue weighted by Crippen LogP contribution is 2.43. The molecule has 29 heavy (non-hydrogen) atoms. The molecule has 0 saturated carbocycles. The van der Waals surface area contributed by atoms with Crippen LogP contribution in [0, 0.1) is 0 Å². The van der Waals surface area contributed by atoms with E-state index in [4.69, 9.17) is 42.5 Å². The van der Waals surface area contributed by atoms with Gasteiger partial charge >= 0.3 is 0 Å². The highest BCUT2D eigenvalue weighted by Gasteiger charge is 2.45. The van der Waals surface area contributed by atoms with E-state index in [0.717, 1.165) is 34.6 Å². The van der Waals surface area contributed by atoms with Crippen molar-refractivity contribution in [1.82, 2.24) is 9.78 Å². The van der Waals surface area contributed by atoms with E-state index in [1.54, 1.807) is 13.2 Å². The zero-order valence-electron chi connectivity index (χ0n) is 16.0. The van der Waals surface area contributed by atoms with Crippen LogP contribution in [-0.4, -0.2) is 35.9 Å². The van der Waals surface area contributed by atoms with Gasteiger partial charge in [-0.25, -0.2) is 4.68 Å². The average Bonchev–Trinajstić information content (AvgIpc) is 3.23. The van der Waals surface area contributed by atoms with Crippen LogP contribution in [0.15, 0.2) is 42.5 Å². The molecule has 0 radical (unpaired) electrons. The van der Waals surface area contributed by atoms with E-state index in [1.165, 1.54) is 0 Å². The summed E-state index contributed by atoms with van der Waals surface area (Å²) in [7, 11) is 1.63. The topological polar surface area (TPSA) is 45.5 Å². The van der Waals surface area contributed by atoms with Crippen molar-refractivity contribution in [3.05, 3.63) is 63.8 Å². The van der Waals surface area contributed by atoms with Crippen molar-refractivity contribution >= 4 is 23.2 Å². The number of ether oxygens (including phenoxy) is 3. The molecule has 0 amide bonds. The fraction of sp³-hybridized carbons (Fsp3) is 0.318. The summed E-state index contributed by atoms with van der Waals surface area (Å²) in [5, 5.41) is 6.25. The Morgan fingerprint density at radius 3 is 2.45 bits per heavy atom. The number of halogens is 2. The Balaban J connectivity index is 1.68. The summed E-state index contributed by atoms with van der Waals surface area (Å²) in [5.74, 6) is 0.0639. The Labute approximate surface area is 179 Å². The first-order chi connectivity index (χ1) is 14.1. The third kappa shape index (κ3) is 3.32. The average molecular weight is 431 g/mol. The highest BCUT2D eigenvalue weighted by atomic mass is 35.5. The molecule has 3 aromatic rings. The molecule has 5 nitrogen and oxygen atoms in total. The number of rotatable bonds is 3. The number of fused-ring (bicyclic) bond motifs is 1. The summed E-state index contributed by atoms with van der Waals surface area (Å²) in [6, 6.07) is 13.3. The van der Waals surface area contributed by atoms with Crippen LogP contribution in [0.25, 0.3) is 16.9 Å². The monoisotopic (exact) mass is 430 g/mol. The number of benzene rings is 2. The van der Waals surface area contributed by atoms with E-state index in [9.17, 15) is 0 Å². The summed E-state index contributed by atoms with van der Waals surface area (Å²) in [4.78, 5) is 0. The number of aromatic nitrogens is 2. The minimum Gasteiger partial charge on any atom is -0.494 e. The van der Waals surface area contributed by atoms with Gasteiger partial charge in [-0.1, -0.05) is 35.3 Å². The summed E-state index contributed by atoms with van der Waals surface area (Å²) in [6.07, 6.45) is 2.22. The molecule has 2 aliphatic rings. The summed E-state index contributed by atoms with van der Waals surface area (Å²) >= 11 is 12.3. The third-order valence-electron chi connectivity index (χ3n) is 5.46. The van der Waals surface area contributed by atoms with Gasteiger partial charge in [0, 0.05) is 40.1 Å². The van der Waals surface area contributed by atoms with Gasteiger partial charge in [0.15, 0.2) is 5.79 Å². The molecule has 0 unspecified atom stereocenters. The van der Waals surface area contributed by atoms with Gasteiger partial charge in [-0.3, -0.25) is 0 Å². The largest absolute Gasteiger partial charge is 0.494 e. The Bertz CT molecular complexity index is 1060. The predicted octanol–water partition coefficient (Wildman–Crippen LogP) is 5.09. The summed E-state index contributed by atoms with van der Waals surface area (Å²) < 4.78 is 19.6. The first-order valence-corrected chi connectivity index (χ1v) is 10.3. The SMILES string of the molecule is COc1cc(Cl)ccc1-n1nc2c(c1-c1ccc(Cl)cc1)CC1(C2)OCCCO1. The zero-order chi connectivity index (χ0) is 20.0. The fourth-order valence-electron chi connectivity index (χ4n) is 4.14. The molecule has 0 bridgehead atoms. The van der Waals surface area contributed by atoms with Crippen molar-refractivity contribution in [2.24, 2.45) is 0 Å². The van der Waals surface area contributed by atoms with Crippen LogP contribution in [0.4, 0.5) is 0 Å². The van der Waals surface area contributed by atoms with E-state index in [0.29, 0.717) is 41.9 Å². The lowest BCUT2D eigenvalue weighted by Gasteiger charge is -2.33. The highest BCUT2D eigenvalue weighted by molar-refractivity contribution is 6.31. The number of nitrogens with zero attached hydrogens (tertiary/aromatic N) is 2. The predicted molar refractivity (Wildman–Crippen MR) is 112 cm³/mol. The lowest BCUT2D eigenvalue weighted by molar-refractivity contribution is -0.260. The molecule has 1 aromatic heterocycles. The fourth-order valence-corrected chi connectivity index (χ4v) is 4.42. The maximum atomic E-state index is 6.17. The van der Waals surface area contributed by atoms with Crippen LogP contribution in [0.3, 0.4) is 0 Å². The zero-order valence-corrected chi connectivity index (χ0v) is 17.5. The first kappa shape index (κ1) is 18.9. The lowest BCUT2D eigenvalue weighted by Crippen LogP contribution is -2.41. The molecule has 7 heteroatoms. The van der Waals surface area contributed by atoms with Crippen molar-refractivity contribution in [2.75, 3.05) is 20.3 Å². The van der Waals surface area contributed by atoms with E-state index in [2.05, 4.69) is 0 Å². The smallest absolute Gasteiger partial charge is 0.177 e. The van der Waals surface area contributed by atoms with E-state index < -0.39 is 5.79 Å². The van der Waals surface area contributed by atoms with Gasteiger partial charge in [0.2, 0.25) is 0 Å². The molecular weight excluding hydrogens is 411 g/mol. The standard InChI is InChI=1S/C22H20Cl2N2O3/c1-27-20-11-16(24)7-8-19(20)26-21(14-3-5-15(23)6-4-14)17-12-22(13-18(17)25-26)28-9-2-10-29-22/h3-8,11H,2,9-10,12-13H2,1H3. The number of methoxy groups -OCH3 is 1. The molecular formula is C22H20Cl2N2O3. The molecule has 0 N–H and O–H groups in total. The van der Waals surface area contributed by atoms with Crippen molar-refractivity contribution in [2.45, 2.75) is 25.0 Å². The van der Waals surface area contributed by atoms with Gasteiger partial charge in [0.1, 0.15) is 11.4 Å². The number of hydrogen-bond donors (Lipinski definition) is 0. The van der Waals surface area contributed by atoms with Gasteiger partial charge in [0.05, 0.1) is 31.7 Å². The quantitative estimate of drug-likeness (QED) is 0.580. The maximum absolute atomic E-state index is 6.17. The van der Waals surface area contributed by atoms with Crippen LogP contribution in [0.1, 0.15) is 17.7 Å². The second-order valence-corrected chi connectivity index (χ2v) is 8.20. The van der Waals surface area contributed by atoms with E-state index >= 15 is 0 Å².